The molecule has 0 saturated heterocycles. The third-order valence-electron chi connectivity index (χ3n) is 4.50. The molecule has 0 aliphatic heterocycles. The summed E-state index contributed by atoms with van der Waals surface area (Å²) in [5.41, 5.74) is 1.73. The number of nitrogens with one attached hydrogen (secondary N) is 2. The van der Waals surface area contributed by atoms with E-state index in [0.29, 0.717) is 11.6 Å². The van der Waals surface area contributed by atoms with Gasteiger partial charge in [0.15, 0.2) is 0 Å². The van der Waals surface area contributed by atoms with E-state index in [0.717, 1.165) is 11.1 Å². The number of aryl methyl sites for hydroxylation is 1. The van der Waals surface area contributed by atoms with Crippen LogP contribution in [0.4, 0.5) is 0 Å². The van der Waals surface area contributed by atoms with Crippen LogP contribution in [0.25, 0.3) is 0 Å². The normalized spacial score (nSPS) is 11.5. The molecular formula is C22H24N4O3. The lowest BCUT2D eigenvalue weighted by Crippen LogP contribution is -2.40. The van der Waals surface area contributed by atoms with E-state index in [2.05, 4.69) is 15.6 Å². The topological polar surface area (TPSA) is 85.2 Å². The molecule has 0 radical (unpaired) electrons. The molecule has 2 aromatic carbocycles. The Morgan fingerprint density at radius 1 is 1.10 bits per heavy atom. The maximum Gasteiger partial charge on any atom is 0.240 e. The third kappa shape index (κ3) is 5.44. The number of nitrogens with zero attached hydrogens (tertiary/aromatic N) is 2. The van der Waals surface area contributed by atoms with E-state index in [4.69, 9.17) is 4.74 Å². The Balaban J connectivity index is 1.66. The van der Waals surface area contributed by atoms with Gasteiger partial charge in [0.25, 0.3) is 0 Å². The maximum atomic E-state index is 12.6. The van der Waals surface area contributed by atoms with Gasteiger partial charge in [-0.2, -0.15) is 0 Å². The van der Waals surface area contributed by atoms with Crippen molar-refractivity contribution < 1.29 is 14.3 Å². The van der Waals surface area contributed by atoms with Crippen molar-refractivity contribution in [1.29, 1.82) is 0 Å². The zero-order chi connectivity index (χ0) is 20.6. The summed E-state index contributed by atoms with van der Waals surface area (Å²) in [6.07, 6.45) is 3.72. The highest BCUT2D eigenvalue weighted by Gasteiger charge is 2.21. The van der Waals surface area contributed by atoms with Gasteiger partial charge in [-0.25, -0.2) is 4.98 Å². The molecule has 2 N–H and O–H groups in total. The van der Waals surface area contributed by atoms with E-state index >= 15 is 0 Å². The molecule has 1 aromatic heterocycles. The number of benzene rings is 2. The highest BCUT2D eigenvalue weighted by atomic mass is 16.5. The molecule has 0 saturated carbocycles. The smallest absolute Gasteiger partial charge is 0.240 e. The zero-order valence-corrected chi connectivity index (χ0v) is 16.5. The first-order valence-electron chi connectivity index (χ1n) is 9.28. The summed E-state index contributed by atoms with van der Waals surface area (Å²) < 4.78 is 7.14. The minimum absolute atomic E-state index is 0.115. The van der Waals surface area contributed by atoms with Crippen molar-refractivity contribution in [3.8, 4) is 5.75 Å². The largest absolute Gasteiger partial charge is 0.497 e. The SMILES string of the molecule is COc1cccc(C(NC(=O)CNC(=O)Cc2ccccc2)c2nccn2C)c1. The average molecular weight is 392 g/mol. The molecule has 150 valence electrons. The van der Waals surface area contributed by atoms with Crippen molar-refractivity contribution in [3.63, 3.8) is 0 Å². The fraction of sp³-hybridized carbons (Fsp3) is 0.227. The number of rotatable bonds is 8. The van der Waals surface area contributed by atoms with Crippen LogP contribution in [-0.4, -0.2) is 35.0 Å². The van der Waals surface area contributed by atoms with E-state index in [9.17, 15) is 9.59 Å². The summed E-state index contributed by atoms with van der Waals surface area (Å²) >= 11 is 0. The first-order chi connectivity index (χ1) is 14.1. The predicted molar refractivity (Wildman–Crippen MR) is 109 cm³/mol. The van der Waals surface area contributed by atoms with Crippen LogP contribution in [0.5, 0.6) is 5.75 Å². The van der Waals surface area contributed by atoms with Crippen molar-refractivity contribution in [2.75, 3.05) is 13.7 Å². The van der Waals surface area contributed by atoms with Crippen LogP contribution in [0.2, 0.25) is 0 Å². The van der Waals surface area contributed by atoms with Gasteiger partial charge in [0.1, 0.15) is 17.6 Å². The number of hydrogen-bond donors (Lipinski definition) is 2. The van der Waals surface area contributed by atoms with Gasteiger partial charge in [0.2, 0.25) is 11.8 Å². The van der Waals surface area contributed by atoms with Crippen LogP contribution in [-0.2, 0) is 23.1 Å². The average Bonchev–Trinajstić information content (AvgIpc) is 3.17. The second-order valence-corrected chi connectivity index (χ2v) is 6.61. The molecule has 1 atom stereocenters. The quantitative estimate of drug-likeness (QED) is 0.614. The van der Waals surface area contributed by atoms with E-state index in [1.54, 1.807) is 13.3 Å². The van der Waals surface area contributed by atoms with Gasteiger partial charge in [-0.05, 0) is 23.3 Å². The van der Waals surface area contributed by atoms with Crippen LogP contribution in [0, 0.1) is 0 Å². The Hall–Kier alpha value is -3.61. The number of carbonyl (C=O) groups is 2. The van der Waals surface area contributed by atoms with Gasteiger partial charge in [0.05, 0.1) is 20.1 Å². The number of imidazole rings is 1. The van der Waals surface area contributed by atoms with Crippen LogP contribution in [0.3, 0.4) is 0 Å². The van der Waals surface area contributed by atoms with Crippen LogP contribution in [0.15, 0.2) is 67.0 Å². The fourth-order valence-corrected chi connectivity index (χ4v) is 3.01. The van der Waals surface area contributed by atoms with Gasteiger partial charge in [-0.3, -0.25) is 9.59 Å². The molecule has 0 aliphatic rings. The molecule has 29 heavy (non-hydrogen) atoms. The molecule has 3 aromatic rings. The fourth-order valence-electron chi connectivity index (χ4n) is 3.01. The highest BCUT2D eigenvalue weighted by Crippen LogP contribution is 2.24. The summed E-state index contributed by atoms with van der Waals surface area (Å²) in [7, 11) is 3.46. The Bertz CT molecular complexity index is 969. The molecule has 7 heteroatoms. The minimum Gasteiger partial charge on any atom is -0.497 e. The Labute approximate surface area is 169 Å². The van der Waals surface area contributed by atoms with Crippen molar-refractivity contribution in [2.45, 2.75) is 12.5 Å². The Morgan fingerprint density at radius 2 is 1.90 bits per heavy atom. The van der Waals surface area contributed by atoms with Gasteiger partial charge in [-0.1, -0.05) is 42.5 Å². The zero-order valence-electron chi connectivity index (χ0n) is 16.5. The molecule has 1 heterocycles. The Kier molecular flexibility index (Phi) is 6.63. The monoisotopic (exact) mass is 392 g/mol. The van der Waals surface area contributed by atoms with E-state index < -0.39 is 6.04 Å². The summed E-state index contributed by atoms with van der Waals surface area (Å²) in [5, 5.41) is 5.62. The lowest BCUT2D eigenvalue weighted by Gasteiger charge is -2.20. The lowest BCUT2D eigenvalue weighted by molar-refractivity contribution is -0.126. The molecule has 7 nitrogen and oxygen atoms in total. The van der Waals surface area contributed by atoms with Crippen molar-refractivity contribution in [2.24, 2.45) is 7.05 Å². The summed E-state index contributed by atoms with van der Waals surface area (Å²) in [4.78, 5) is 29.0. The number of amides is 2. The number of aromatic nitrogens is 2. The lowest BCUT2D eigenvalue weighted by atomic mass is 10.1. The van der Waals surface area contributed by atoms with E-state index in [1.807, 2.05) is 72.4 Å². The number of hydrogen-bond acceptors (Lipinski definition) is 4. The van der Waals surface area contributed by atoms with Crippen LogP contribution >= 0.6 is 0 Å². The molecule has 3 rings (SSSR count). The highest BCUT2D eigenvalue weighted by molar-refractivity contribution is 5.86. The molecule has 0 spiro atoms. The van der Waals surface area contributed by atoms with Crippen molar-refractivity contribution >= 4 is 11.8 Å². The number of carbonyl (C=O) groups excluding carboxylic acids is 2. The number of methoxy groups -OCH3 is 1. The van der Waals surface area contributed by atoms with Crippen molar-refractivity contribution in [1.82, 2.24) is 20.2 Å². The van der Waals surface area contributed by atoms with Crippen molar-refractivity contribution in [3.05, 3.63) is 83.9 Å². The third-order valence-corrected chi connectivity index (χ3v) is 4.50. The summed E-state index contributed by atoms with van der Waals surface area (Å²) in [5.74, 6) is 0.859. The molecule has 0 bridgehead atoms. The van der Waals surface area contributed by atoms with Gasteiger partial charge < -0.3 is 19.9 Å². The first-order valence-corrected chi connectivity index (χ1v) is 9.28. The van der Waals surface area contributed by atoms with E-state index in [-0.39, 0.29) is 24.8 Å². The van der Waals surface area contributed by atoms with E-state index in [1.165, 1.54) is 0 Å². The first kappa shape index (κ1) is 20.1. The molecule has 2 amide bonds. The van der Waals surface area contributed by atoms with Crippen LogP contribution < -0.4 is 15.4 Å². The molecule has 1 unspecified atom stereocenters. The standard InChI is InChI=1S/C22H24N4O3/c1-26-12-11-23-22(26)21(17-9-6-10-18(14-17)29-2)25-20(28)15-24-19(27)13-16-7-4-3-5-8-16/h3-12,14,21H,13,15H2,1-2H3,(H,24,27)(H,25,28). The predicted octanol–water partition coefficient (Wildman–Crippen LogP) is 1.99. The molecular weight excluding hydrogens is 368 g/mol. The second kappa shape index (κ2) is 9.54. The summed E-state index contributed by atoms with van der Waals surface area (Å²) in [6.45, 7) is -0.115. The van der Waals surface area contributed by atoms with Gasteiger partial charge in [-0.15, -0.1) is 0 Å². The second-order valence-electron chi connectivity index (χ2n) is 6.61. The maximum absolute atomic E-state index is 12.6. The Morgan fingerprint density at radius 3 is 2.59 bits per heavy atom. The number of ether oxygens (including phenoxy) is 1. The van der Waals surface area contributed by atoms with Gasteiger partial charge in [0, 0.05) is 19.4 Å². The molecule has 0 aliphatic carbocycles. The van der Waals surface area contributed by atoms with Crippen LogP contribution in [0.1, 0.15) is 23.0 Å². The summed E-state index contributed by atoms with van der Waals surface area (Å²) in [6, 6.07) is 16.4. The molecule has 0 fully saturated rings. The van der Waals surface area contributed by atoms with Gasteiger partial charge >= 0.3 is 0 Å². The minimum atomic E-state index is -0.469.